The summed E-state index contributed by atoms with van der Waals surface area (Å²) in [7, 11) is 1.50. The lowest BCUT2D eigenvalue weighted by molar-refractivity contribution is 0.0959. The minimum Gasteiger partial charge on any atom is -0.355 e. The van der Waals surface area contributed by atoms with Gasteiger partial charge in [0, 0.05) is 25.5 Å². The number of nitrogens with one attached hydrogen (secondary N) is 1. The molecule has 0 saturated heterocycles. The number of anilines is 2. The molecule has 1 aromatic heterocycles. The third-order valence-electron chi connectivity index (χ3n) is 4.88. The van der Waals surface area contributed by atoms with E-state index in [4.69, 9.17) is 0 Å². The first-order chi connectivity index (χ1) is 13.2. The van der Waals surface area contributed by atoms with E-state index in [9.17, 15) is 9.18 Å². The largest absolute Gasteiger partial charge is 0.355 e. The fraction of sp³-hybridized carbons (Fsp3) is 0.182. The van der Waals surface area contributed by atoms with Crippen LogP contribution in [0.4, 0.5) is 15.9 Å². The number of hydrogen-bond acceptors (Lipinski definition) is 3. The van der Waals surface area contributed by atoms with Crippen LogP contribution in [-0.4, -0.2) is 24.5 Å². The lowest BCUT2D eigenvalue weighted by Crippen LogP contribution is -2.19. The summed E-state index contributed by atoms with van der Waals surface area (Å²) in [6.45, 7) is 0.910. The molecule has 1 amide bonds. The van der Waals surface area contributed by atoms with E-state index in [-0.39, 0.29) is 5.56 Å². The third kappa shape index (κ3) is 3.40. The molecule has 0 spiro atoms. The molecule has 4 rings (SSSR count). The number of amides is 1. The number of hydrogen-bond donors (Lipinski definition) is 1. The summed E-state index contributed by atoms with van der Waals surface area (Å²) in [5.41, 5.74) is 4.55. The fourth-order valence-corrected chi connectivity index (χ4v) is 3.52. The lowest BCUT2D eigenvalue weighted by atomic mass is 10.0. The first-order valence-corrected chi connectivity index (χ1v) is 8.96. The second-order valence-corrected chi connectivity index (χ2v) is 6.62. The van der Waals surface area contributed by atoms with Crippen molar-refractivity contribution in [3.8, 4) is 0 Å². The second kappa shape index (κ2) is 7.19. The minimum absolute atomic E-state index is 0.0674. The number of pyridine rings is 1. The molecular formula is C22H20FN3O. The van der Waals surface area contributed by atoms with Crippen molar-refractivity contribution in [2.75, 3.05) is 18.5 Å². The van der Waals surface area contributed by atoms with E-state index in [0.29, 0.717) is 6.42 Å². The zero-order valence-electron chi connectivity index (χ0n) is 15.1. The molecule has 136 valence electrons. The molecule has 3 aromatic rings. The van der Waals surface area contributed by atoms with Crippen LogP contribution < -0.4 is 10.2 Å². The Labute approximate surface area is 157 Å². The Morgan fingerprint density at radius 2 is 1.96 bits per heavy atom. The van der Waals surface area contributed by atoms with Crippen molar-refractivity contribution in [2.24, 2.45) is 0 Å². The molecule has 0 unspecified atom stereocenters. The Bertz CT molecular complexity index is 1000. The average molecular weight is 361 g/mol. The highest BCUT2D eigenvalue weighted by Crippen LogP contribution is 2.33. The van der Waals surface area contributed by atoms with Crippen molar-refractivity contribution in [1.29, 1.82) is 0 Å². The monoisotopic (exact) mass is 361 g/mol. The van der Waals surface area contributed by atoms with Crippen LogP contribution in [0.3, 0.4) is 0 Å². The Morgan fingerprint density at radius 3 is 2.81 bits per heavy atom. The van der Waals surface area contributed by atoms with Gasteiger partial charge in [-0.1, -0.05) is 24.3 Å². The number of para-hydroxylation sites is 1. The van der Waals surface area contributed by atoms with Crippen LogP contribution in [0.25, 0.3) is 0 Å². The van der Waals surface area contributed by atoms with E-state index in [2.05, 4.69) is 39.5 Å². The van der Waals surface area contributed by atoms with Crippen molar-refractivity contribution < 1.29 is 9.18 Å². The van der Waals surface area contributed by atoms with Gasteiger partial charge in [0.1, 0.15) is 11.6 Å². The fourth-order valence-electron chi connectivity index (χ4n) is 3.52. The Hall–Kier alpha value is -3.21. The molecular weight excluding hydrogens is 341 g/mol. The summed E-state index contributed by atoms with van der Waals surface area (Å²) in [6.07, 6.45) is 3.42. The Kier molecular flexibility index (Phi) is 4.59. The number of rotatable bonds is 4. The molecule has 5 heteroatoms. The van der Waals surface area contributed by atoms with Crippen molar-refractivity contribution in [1.82, 2.24) is 10.3 Å². The highest BCUT2D eigenvalue weighted by molar-refractivity contribution is 5.94. The number of carbonyl (C=O) groups is 1. The molecule has 2 heterocycles. The van der Waals surface area contributed by atoms with E-state index in [1.165, 1.54) is 24.4 Å². The van der Waals surface area contributed by atoms with Crippen LogP contribution in [0.1, 0.15) is 27.0 Å². The predicted molar refractivity (Wildman–Crippen MR) is 104 cm³/mol. The van der Waals surface area contributed by atoms with Crippen LogP contribution in [0, 0.1) is 5.82 Å². The SMILES string of the molecule is CNC(=O)c1cc(Cc2ccnc(N3CCc4ccccc43)c2)ccc1F. The number of benzene rings is 2. The van der Waals surface area contributed by atoms with Crippen molar-refractivity contribution in [3.63, 3.8) is 0 Å². The molecule has 0 fully saturated rings. The highest BCUT2D eigenvalue weighted by Gasteiger charge is 2.20. The normalized spacial score (nSPS) is 12.7. The van der Waals surface area contributed by atoms with Gasteiger partial charge >= 0.3 is 0 Å². The highest BCUT2D eigenvalue weighted by atomic mass is 19.1. The lowest BCUT2D eigenvalue weighted by Gasteiger charge is -2.19. The summed E-state index contributed by atoms with van der Waals surface area (Å²) >= 11 is 0. The summed E-state index contributed by atoms with van der Waals surface area (Å²) in [4.78, 5) is 18.6. The Morgan fingerprint density at radius 1 is 1.15 bits per heavy atom. The van der Waals surface area contributed by atoms with Crippen LogP contribution in [-0.2, 0) is 12.8 Å². The van der Waals surface area contributed by atoms with Gasteiger partial charge in [-0.05, 0) is 59.9 Å². The van der Waals surface area contributed by atoms with E-state index < -0.39 is 11.7 Å². The van der Waals surface area contributed by atoms with Crippen LogP contribution in [0.5, 0.6) is 0 Å². The smallest absolute Gasteiger partial charge is 0.254 e. The van der Waals surface area contributed by atoms with Crippen molar-refractivity contribution in [2.45, 2.75) is 12.8 Å². The Balaban J connectivity index is 1.60. The molecule has 27 heavy (non-hydrogen) atoms. The topological polar surface area (TPSA) is 45.2 Å². The van der Waals surface area contributed by atoms with Gasteiger partial charge in [0.05, 0.1) is 5.56 Å². The van der Waals surface area contributed by atoms with Gasteiger partial charge in [0.25, 0.3) is 5.91 Å². The van der Waals surface area contributed by atoms with Gasteiger partial charge in [-0.15, -0.1) is 0 Å². The molecule has 0 aliphatic carbocycles. The predicted octanol–water partition coefficient (Wildman–Crippen LogP) is 3.87. The van der Waals surface area contributed by atoms with E-state index in [0.717, 1.165) is 29.9 Å². The standard InChI is InChI=1S/C22H20FN3O/c1-24-22(27)18-13-15(6-7-19(18)23)12-16-8-10-25-21(14-16)26-11-9-17-4-2-3-5-20(17)26/h2-8,10,13-14H,9,11-12H2,1H3,(H,24,27). The van der Waals surface area contributed by atoms with Crippen LogP contribution in [0.15, 0.2) is 60.8 Å². The molecule has 1 aliphatic rings. The molecule has 0 atom stereocenters. The summed E-state index contributed by atoms with van der Waals surface area (Å²) < 4.78 is 13.9. The maximum atomic E-state index is 13.9. The molecule has 1 aliphatic heterocycles. The number of aromatic nitrogens is 1. The first kappa shape index (κ1) is 17.2. The van der Waals surface area contributed by atoms with E-state index in [1.807, 2.05) is 12.1 Å². The van der Waals surface area contributed by atoms with Gasteiger partial charge in [-0.2, -0.15) is 0 Å². The summed E-state index contributed by atoms with van der Waals surface area (Å²) in [5.74, 6) is -0.0216. The minimum atomic E-state index is -0.512. The quantitative estimate of drug-likeness (QED) is 0.767. The third-order valence-corrected chi connectivity index (χ3v) is 4.88. The van der Waals surface area contributed by atoms with Gasteiger partial charge in [-0.3, -0.25) is 4.79 Å². The van der Waals surface area contributed by atoms with Crippen molar-refractivity contribution in [3.05, 3.63) is 88.9 Å². The molecule has 4 nitrogen and oxygen atoms in total. The maximum Gasteiger partial charge on any atom is 0.254 e. The summed E-state index contributed by atoms with van der Waals surface area (Å²) in [5, 5.41) is 2.47. The molecule has 0 saturated carbocycles. The van der Waals surface area contributed by atoms with Crippen molar-refractivity contribution >= 4 is 17.4 Å². The van der Waals surface area contributed by atoms with Crippen LogP contribution in [0.2, 0.25) is 0 Å². The maximum absolute atomic E-state index is 13.9. The number of carbonyl (C=O) groups excluding carboxylic acids is 1. The summed E-state index contributed by atoms with van der Waals surface area (Å²) in [6, 6.07) is 17.1. The zero-order chi connectivity index (χ0) is 18.8. The average Bonchev–Trinajstić information content (AvgIpc) is 3.13. The zero-order valence-corrected chi connectivity index (χ0v) is 15.1. The van der Waals surface area contributed by atoms with Gasteiger partial charge in [0.2, 0.25) is 0 Å². The second-order valence-electron chi connectivity index (χ2n) is 6.62. The number of halogens is 1. The first-order valence-electron chi connectivity index (χ1n) is 8.96. The molecule has 0 bridgehead atoms. The van der Waals surface area contributed by atoms with Gasteiger partial charge < -0.3 is 10.2 Å². The molecule has 0 radical (unpaired) electrons. The van der Waals surface area contributed by atoms with Gasteiger partial charge in [-0.25, -0.2) is 9.37 Å². The number of nitrogens with zero attached hydrogens (tertiary/aromatic N) is 2. The molecule has 2 aromatic carbocycles. The van der Waals surface area contributed by atoms with E-state index >= 15 is 0 Å². The number of fused-ring (bicyclic) bond motifs is 1. The van der Waals surface area contributed by atoms with E-state index in [1.54, 1.807) is 18.3 Å². The molecule has 1 N–H and O–H groups in total. The van der Waals surface area contributed by atoms with Crippen LogP contribution >= 0.6 is 0 Å². The van der Waals surface area contributed by atoms with Gasteiger partial charge in [0.15, 0.2) is 0 Å².